The molecule has 0 saturated carbocycles. The van der Waals surface area contributed by atoms with E-state index in [1.807, 2.05) is 4.98 Å². The zero-order valence-electron chi connectivity index (χ0n) is 60.7. The average molecular weight is 1530 g/mol. The van der Waals surface area contributed by atoms with E-state index in [9.17, 15) is 88.5 Å². The highest BCUT2D eigenvalue weighted by atomic mass is 31.3. The molecule has 4 unspecified atom stereocenters. The molecule has 35 nitrogen and oxygen atoms in total. The van der Waals surface area contributed by atoms with Crippen molar-refractivity contribution < 1.29 is 135 Å². The molecule has 2 amide bonds. The van der Waals surface area contributed by atoms with E-state index in [4.69, 9.17) is 32.8 Å². The number of carbonyl (C=O) groups is 3. The van der Waals surface area contributed by atoms with Crippen molar-refractivity contribution in [3.05, 3.63) is 115 Å². The minimum atomic E-state index is -6.03. The fraction of sp³-hybridized carbons (Fsp3) is 0.588. The lowest BCUT2D eigenvalue weighted by molar-refractivity contribution is -0.894. The number of fused-ring (bicyclic) bond motifs is 2. The number of carboxylic acid groups (broad SMARTS) is 1. The van der Waals surface area contributed by atoms with Gasteiger partial charge in [-0.15, -0.1) is 5.75 Å². The number of aliphatic hydroxyl groups excluding tert-OH is 6. The highest BCUT2D eigenvalue weighted by Gasteiger charge is 2.47. The van der Waals surface area contributed by atoms with Crippen LogP contribution in [0.2, 0.25) is 0 Å². The molecule has 0 radical (unpaired) electrons. The second-order valence-corrected chi connectivity index (χ2v) is 26.7. The number of amides is 2. The summed E-state index contributed by atoms with van der Waals surface area (Å²) in [5.41, 5.74) is -1.50. The fourth-order valence-electron chi connectivity index (χ4n) is 10.7. The second kappa shape index (κ2) is 46.6. The Morgan fingerprint density at radius 1 is 0.648 bits per heavy atom. The van der Waals surface area contributed by atoms with Gasteiger partial charge in [0.15, 0.2) is 17.9 Å². The molecule has 4 heterocycles. The lowest BCUT2D eigenvalue weighted by Gasteiger charge is -2.41. The van der Waals surface area contributed by atoms with Crippen LogP contribution in [0.25, 0.3) is 39.5 Å². The van der Waals surface area contributed by atoms with Crippen molar-refractivity contribution in [2.75, 3.05) is 138 Å². The van der Waals surface area contributed by atoms with E-state index in [0.29, 0.717) is 21.1 Å². The summed E-state index contributed by atoms with van der Waals surface area (Å²) in [6.45, 7) is 30.7. The fourth-order valence-corrected chi connectivity index (χ4v) is 12.8. The zero-order valence-corrected chi connectivity index (χ0v) is 62.5. The van der Waals surface area contributed by atoms with Crippen LogP contribution in [0, 0.1) is 0 Å². The number of aromatic nitrogens is 2. The number of carbonyl (C=O) groups excluding carboxylic acids is 2. The molecule has 590 valence electrons. The number of aromatic amines is 1. The number of aliphatic hydroxyl groups is 6. The van der Waals surface area contributed by atoms with Crippen molar-refractivity contribution in [1.29, 1.82) is 0 Å². The minimum Gasteiger partial charge on any atom is -0.872 e. The number of aromatic carboxylic acids is 1. The van der Waals surface area contributed by atoms with Gasteiger partial charge in [-0.25, -0.2) is 13.9 Å². The van der Waals surface area contributed by atoms with Crippen molar-refractivity contribution in [3.8, 4) is 28.2 Å². The Morgan fingerprint density at radius 3 is 1.76 bits per heavy atom. The number of benzene rings is 3. The maximum Gasteiger partial charge on any atom is 0.336 e. The van der Waals surface area contributed by atoms with Gasteiger partial charge >= 0.3 is 11.7 Å². The third-order valence-corrected chi connectivity index (χ3v) is 19.6. The van der Waals surface area contributed by atoms with Crippen molar-refractivity contribution in [3.63, 3.8) is 0 Å². The van der Waals surface area contributed by atoms with Crippen LogP contribution in [0.5, 0.6) is 5.75 Å². The largest absolute Gasteiger partial charge is 0.872 e. The van der Waals surface area contributed by atoms with Crippen LogP contribution in [0.3, 0.4) is 0 Å². The molecule has 37 heteroatoms. The first-order valence-corrected chi connectivity index (χ1v) is 37.9. The maximum absolute atomic E-state index is 13.2. The third kappa shape index (κ3) is 29.2. The SMILES string of the molecule is CC[NH+](CC)CC.CC[NH+](CC)CC.CC[NH+](CC)CC.O=C(CCOCCOCCOCCOCCNC(=O)c1ccc(C(=O)O)c(-c2c3ccc(=O)cc-3oc3cc([O-])ccc23)c1)NC/C=C/c1cn([C@@H]2O[C@H](COP(=O)([O-])OP(=O)([O-])O[C@@H]3OC(CO)[C@@H](O)[C@@H](O)C3O)[C@@H](O)[C@H]2O)c(=O)[nH]c1=O. The quantitative estimate of drug-likeness (QED) is 0.0103. The van der Waals surface area contributed by atoms with Gasteiger partial charge in [0.25, 0.3) is 27.1 Å². The van der Waals surface area contributed by atoms with Crippen LogP contribution < -0.4 is 56.9 Å². The summed E-state index contributed by atoms with van der Waals surface area (Å²) in [6, 6.07) is 12.1. The van der Waals surface area contributed by atoms with Crippen molar-refractivity contribution in [1.82, 2.24) is 20.2 Å². The first kappa shape index (κ1) is 90.8. The molecule has 2 fully saturated rings. The van der Waals surface area contributed by atoms with Crippen LogP contribution >= 0.6 is 15.6 Å². The monoisotopic (exact) mass is 1530 g/mol. The summed E-state index contributed by atoms with van der Waals surface area (Å²) in [7, 11) is -12.0. The predicted molar refractivity (Wildman–Crippen MR) is 375 cm³/mol. The number of ether oxygens (including phenoxy) is 6. The highest BCUT2D eigenvalue weighted by Crippen LogP contribution is 2.57. The molecule has 3 aromatic rings. The Hall–Kier alpha value is -6.58. The van der Waals surface area contributed by atoms with E-state index >= 15 is 0 Å². The number of phosphoric ester groups is 2. The summed E-state index contributed by atoms with van der Waals surface area (Å²) in [6.07, 6.45) is -14.3. The van der Waals surface area contributed by atoms with Gasteiger partial charge in [0.2, 0.25) is 5.91 Å². The van der Waals surface area contributed by atoms with Gasteiger partial charge in [-0.3, -0.25) is 42.4 Å². The molecular weight excluding hydrogens is 1420 g/mol. The summed E-state index contributed by atoms with van der Waals surface area (Å²) >= 11 is 0. The first-order valence-electron chi connectivity index (χ1n) is 34.9. The zero-order chi connectivity index (χ0) is 78.0. The standard InChI is InChI=1S/C50H60N4O28P2.3C6H15N/c55-24-36-40(59)42(61)44(63)49(80-36)81-84(71,72)82-83(69,70)77-25-37-41(60)43(62)47(79-37)54-23-27(46(65)53-50(54)68)2-1-10-51-38(58)9-12-73-14-16-75-18-19-76-17-15-74-13-11-52-45(64)26-3-6-30(48(66)67)33(20-26)39-31-7-4-28(56)21-34(31)78-35-22-29(57)5-8-32(35)39;3*1-4-7(5-2)6-3/h1-8,20-23,36-37,40-44,47,49,55-56,59-63H,9-19,24-25H2,(H,51,58)(H,52,64)(H,66,67)(H,69,70)(H,71,72)(H,53,65,68);3*4-6H2,1-3H3/b2-1+;;;/t36?,37-,40-,41-,42-,43-,44?,47-,49+;;;/m1.../s1. The van der Waals surface area contributed by atoms with E-state index in [1.165, 1.54) is 126 Å². The molecule has 3 aliphatic heterocycles. The van der Waals surface area contributed by atoms with Gasteiger partial charge in [0.05, 0.1) is 136 Å². The molecule has 1 aliphatic carbocycles. The smallest absolute Gasteiger partial charge is 0.336 e. The van der Waals surface area contributed by atoms with Crippen molar-refractivity contribution >= 4 is 50.5 Å². The number of carboxylic acids is 1. The Bertz CT molecular complexity index is 3690. The number of hydrogen-bond acceptors (Lipinski definition) is 27. The minimum absolute atomic E-state index is 0.0334. The van der Waals surface area contributed by atoms with E-state index in [2.05, 4.69) is 86.3 Å². The van der Waals surface area contributed by atoms with Crippen LogP contribution in [0.4, 0.5) is 0 Å². The molecule has 1 aromatic heterocycles. The number of H-pyrrole nitrogens is 1. The predicted octanol–water partition coefficient (Wildman–Crippen LogP) is -3.60. The van der Waals surface area contributed by atoms with Gasteiger partial charge in [0, 0.05) is 53.9 Å². The molecule has 11 atom stereocenters. The van der Waals surface area contributed by atoms with Crippen LogP contribution in [-0.4, -0.2) is 250 Å². The van der Waals surface area contributed by atoms with Crippen molar-refractivity contribution in [2.45, 2.75) is 124 Å². The van der Waals surface area contributed by atoms with E-state index in [1.54, 1.807) is 14.7 Å². The van der Waals surface area contributed by atoms with Gasteiger partial charge in [-0.05, 0) is 104 Å². The normalized spacial score (nSPS) is 20.6. The average Bonchev–Trinajstić information content (AvgIpc) is 1.31. The molecule has 0 spiro atoms. The molecule has 4 aliphatic rings. The third-order valence-electron chi connectivity index (χ3n) is 17.1. The summed E-state index contributed by atoms with van der Waals surface area (Å²) in [5, 5.41) is 88.0. The molecular formula is C68H105N7O28P2. The summed E-state index contributed by atoms with van der Waals surface area (Å²) in [5.74, 6) is -2.43. The van der Waals surface area contributed by atoms with Crippen molar-refractivity contribution in [2.24, 2.45) is 0 Å². The van der Waals surface area contributed by atoms with Crippen LogP contribution in [-0.2, 0) is 55.7 Å². The van der Waals surface area contributed by atoms with Crippen LogP contribution in [0.15, 0.2) is 85.7 Å². The number of hydrogen-bond donors (Lipinski definition) is 13. The Balaban J connectivity index is 0.000000965. The van der Waals surface area contributed by atoms with Gasteiger partial charge in [-0.1, -0.05) is 24.3 Å². The Kier molecular flexibility index (Phi) is 40.3. The summed E-state index contributed by atoms with van der Waals surface area (Å²) in [4.78, 5) is 107. The molecule has 7 rings (SSSR count). The maximum atomic E-state index is 13.2. The van der Waals surface area contributed by atoms with Crippen LogP contribution in [0.1, 0.15) is 101 Å². The topological polar surface area (TPSA) is 502 Å². The highest BCUT2D eigenvalue weighted by molar-refractivity contribution is 7.59. The number of nitrogens with zero attached hydrogens (tertiary/aromatic N) is 1. The lowest BCUT2D eigenvalue weighted by atomic mass is 9.89. The number of nitrogens with one attached hydrogen (secondary N) is 6. The molecule has 13 N–H and O–H groups in total. The lowest BCUT2D eigenvalue weighted by Crippen LogP contribution is -3.11. The van der Waals surface area contributed by atoms with Gasteiger partial charge in [-0.2, -0.15) is 0 Å². The van der Waals surface area contributed by atoms with Gasteiger partial charge in [0.1, 0.15) is 54.1 Å². The Labute approximate surface area is 608 Å². The van der Waals surface area contributed by atoms with Gasteiger partial charge < -0.3 is 113 Å². The Morgan fingerprint density at radius 2 is 1.21 bits per heavy atom. The molecule has 105 heavy (non-hydrogen) atoms. The first-order chi connectivity index (χ1) is 50.0. The number of phosphoric acid groups is 2. The van der Waals surface area contributed by atoms with E-state index < -0.39 is 113 Å². The molecule has 2 saturated heterocycles. The second-order valence-electron chi connectivity index (χ2n) is 23.8. The van der Waals surface area contributed by atoms with E-state index in [-0.39, 0.29) is 117 Å². The number of rotatable bonds is 39. The molecule has 0 bridgehead atoms. The van der Waals surface area contributed by atoms with E-state index in [0.717, 1.165) is 6.20 Å². The molecule has 2 aromatic carbocycles. The number of quaternary nitrogens is 3. The summed E-state index contributed by atoms with van der Waals surface area (Å²) < 4.78 is 76.1.